The van der Waals surface area contributed by atoms with Crippen molar-refractivity contribution in [3.63, 3.8) is 0 Å². The molecule has 0 amide bonds. The van der Waals surface area contributed by atoms with Crippen LogP contribution in [0, 0.1) is 11.7 Å². The lowest BCUT2D eigenvalue weighted by Gasteiger charge is -2.23. The van der Waals surface area contributed by atoms with Crippen LogP contribution in [0.3, 0.4) is 0 Å². The van der Waals surface area contributed by atoms with E-state index < -0.39 is 0 Å². The van der Waals surface area contributed by atoms with E-state index in [9.17, 15) is 4.39 Å². The van der Waals surface area contributed by atoms with Crippen LogP contribution in [-0.2, 0) is 6.42 Å². The molecule has 1 saturated heterocycles. The molecule has 4 heteroatoms. The Labute approximate surface area is 109 Å². The Bertz CT molecular complexity index is 378. The number of nitrogens with one attached hydrogen (secondary N) is 1. The van der Waals surface area contributed by atoms with Gasteiger partial charge in [-0.2, -0.15) is 0 Å². The SMILES string of the molecule is Fc1ccc(Cl)c(Br)c1CC1CCCNC1. The summed E-state index contributed by atoms with van der Waals surface area (Å²) >= 11 is 9.34. The van der Waals surface area contributed by atoms with Crippen molar-refractivity contribution >= 4 is 27.5 Å². The third-order valence-electron chi connectivity index (χ3n) is 3.03. The molecule has 1 aromatic carbocycles. The summed E-state index contributed by atoms with van der Waals surface area (Å²) in [6.07, 6.45) is 3.08. The van der Waals surface area contributed by atoms with Gasteiger partial charge < -0.3 is 5.32 Å². The summed E-state index contributed by atoms with van der Waals surface area (Å²) in [6, 6.07) is 3.03. The maximum atomic E-state index is 13.7. The van der Waals surface area contributed by atoms with E-state index in [0.29, 0.717) is 21.0 Å². The summed E-state index contributed by atoms with van der Waals surface area (Å²) < 4.78 is 14.4. The third-order valence-corrected chi connectivity index (χ3v) is 4.48. The van der Waals surface area contributed by atoms with Crippen molar-refractivity contribution in [3.8, 4) is 0 Å². The van der Waals surface area contributed by atoms with Crippen LogP contribution in [0.1, 0.15) is 18.4 Å². The number of piperidine rings is 1. The number of hydrogen-bond donors (Lipinski definition) is 1. The maximum absolute atomic E-state index is 13.7. The van der Waals surface area contributed by atoms with Gasteiger partial charge in [0, 0.05) is 10.0 Å². The van der Waals surface area contributed by atoms with Crippen LogP contribution in [-0.4, -0.2) is 13.1 Å². The Morgan fingerprint density at radius 1 is 1.50 bits per heavy atom. The van der Waals surface area contributed by atoms with Crippen molar-refractivity contribution in [2.45, 2.75) is 19.3 Å². The van der Waals surface area contributed by atoms with E-state index in [1.807, 2.05) is 0 Å². The summed E-state index contributed by atoms with van der Waals surface area (Å²) in [7, 11) is 0. The standard InChI is InChI=1S/C12H14BrClFN/c13-12-9(11(15)4-3-10(12)14)6-8-2-1-5-16-7-8/h3-4,8,16H,1-2,5-7H2. The minimum atomic E-state index is -0.165. The molecule has 1 heterocycles. The molecule has 0 spiro atoms. The highest BCUT2D eigenvalue weighted by Crippen LogP contribution is 2.31. The van der Waals surface area contributed by atoms with Gasteiger partial charge in [-0.05, 0) is 66.3 Å². The van der Waals surface area contributed by atoms with E-state index in [1.54, 1.807) is 6.07 Å². The Balaban J connectivity index is 2.16. The third kappa shape index (κ3) is 2.76. The molecule has 0 aromatic heterocycles. The van der Waals surface area contributed by atoms with E-state index >= 15 is 0 Å². The molecule has 1 aliphatic rings. The van der Waals surface area contributed by atoms with Crippen molar-refractivity contribution in [2.75, 3.05) is 13.1 Å². The zero-order valence-corrected chi connectivity index (χ0v) is 11.2. The van der Waals surface area contributed by atoms with E-state index in [4.69, 9.17) is 11.6 Å². The highest BCUT2D eigenvalue weighted by atomic mass is 79.9. The molecule has 16 heavy (non-hydrogen) atoms. The van der Waals surface area contributed by atoms with E-state index in [1.165, 1.54) is 12.5 Å². The molecule has 1 unspecified atom stereocenters. The number of benzene rings is 1. The summed E-state index contributed by atoms with van der Waals surface area (Å²) in [4.78, 5) is 0. The molecule has 0 radical (unpaired) electrons. The summed E-state index contributed by atoms with van der Waals surface area (Å²) in [5.74, 6) is 0.347. The van der Waals surface area contributed by atoms with Crippen LogP contribution < -0.4 is 5.32 Å². The number of rotatable bonds is 2. The number of hydrogen-bond acceptors (Lipinski definition) is 1. The Kier molecular flexibility index (Phi) is 4.22. The average Bonchev–Trinajstić information content (AvgIpc) is 2.31. The molecular weight excluding hydrogens is 292 g/mol. The zero-order chi connectivity index (χ0) is 11.5. The fourth-order valence-corrected chi connectivity index (χ4v) is 2.80. The molecule has 1 fully saturated rings. The fraction of sp³-hybridized carbons (Fsp3) is 0.500. The molecule has 1 atom stereocenters. The number of halogens is 3. The molecule has 0 bridgehead atoms. The summed E-state index contributed by atoms with van der Waals surface area (Å²) in [5.41, 5.74) is 0.709. The first-order valence-corrected chi connectivity index (χ1v) is 6.68. The van der Waals surface area contributed by atoms with Gasteiger partial charge in [0.25, 0.3) is 0 Å². The average molecular weight is 307 g/mol. The first-order valence-electron chi connectivity index (χ1n) is 5.51. The van der Waals surface area contributed by atoms with Crippen molar-refractivity contribution in [2.24, 2.45) is 5.92 Å². The second-order valence-electron chi connectivity index (χ2n) is 4.24. The Hall–Kier alpha value is -0.120. The Morgan fingerprint density at radius 2 is 2.31 bits per heavy atom. The highest BCUT2D eigenvalue weighted by Gasteiger charge is 2.18. The van der Waals surface area contributed by atoms with Crippen LogP contribution in [0.4, 0.5) is 4.39 Å². The second-order valence-corrected chi connectivity index (χ2v) is 5.44. The van der Waals surface area contributed by atoms with Gasteiger partial charge in [-0.1, -0.05) is 11.6 Å². The molecule has 0 aliphatic carbocycles. The lowest BCUT2D eigenvalue weighted by Crippen LogP contribution is -2.31. The first-order chi connectivity index (χ1) is 7.68. The minimum Gasteiger partial charge on any atom is -0.316 e. The lowest BCUT2D eigenvalue weighted by atomic mass is 9.92. The maximum Gasteiger partial charge on any atom is 0.127 e. The van der Waals surface area contributed by atoms with Gasteiger partial charge in [0.2, 0.25) is 0 Å². The van der Waals surface area contributed by atoms with Crippen molar-refractivity contribution < 1.29 is 4.39 Å². The van der Waals surface area contributed by atoms with Gasteiger partial charge in [-0.25, -0.2) is 4.39 Å². The molecule has 2 rings (SSSR count). The molecular formula is C12H14BrClFN. The van der Waals surface area contributed by atoms with E-state index in [-0.39, 0.29) is 5.82 Å². The largest absolute Gasteiger partial charge is 0.316 e. The van der Waals surface area contributed by atoms with Crippen LogP contribution in [0.5, 0.6) is 0 Å². The monoisotopic (exact) mass is 305 g/mol. The highest BCUT2D eigenvalue weighted by molar-refractivity contribution is 9.10. The van der Waals surface area contributed by atoms with Crippen LogP contribution >= 0.6 is 27.5 Å². The predicted molar refractivity (Wildman–Crippen MR) is 68.4 cm³/mol. The van der Waals surface area contributed by atoms with Crippen LogP contribution in [0.25, 0.3) is 0 Å². The van der Waals surface area contributed by atoms with Gasteiger partial charge in [0.15, 0.2) is 0 Å². The molecule has 1 aliphatic heterocycles. The van der Waals surface area contributed by atoms with Gasteiger partial charge in [0.05, 0.1) is 5.02 Å². The molecule has 0 saturated carbocycles. The van der Waals surface area contributed by atoms with Gasteiger partial charge in [-0.15, -0.1) is 0 Å². The Morgan fingerprint density at radius 3 is 3.00 bits per heavy atom. The topological polar surface area (TPSA) is 12.0 Å². The predicted octanol–water partition coefficient (Wildman–Crippen LogP) is 3.78. The zero-order valence-electron chi connectivity index (χ0n) is 8.90. The van der Waals surface area contributed by atoms with E-state index in [2.05, 4.69) is 21.2 Å². The summed E-state index contributed by atoms with van der Waals surface area (Å²) in [6.45, 7) is 2.05. The van der Waals surface area contributed by atoms with E-state index in [0.717, 1.165) is 25.9 Å². The quantitative estimate of drug-likeness (QED) is 0.820. The summed E-state index contributed by atoms with van der Waals surface area (Å²) in [5, 5.41) is 3.92. The smallest absolute Gasteiger partial charge is 0.127 e. The normalized spacial score (nSPS) is 21.1. The molecule has 88 valence electrons. The van der Waals surface area contributed by atoms with Crippen LogP contribution in [0.15, 0.2) is 16.6 Å². The minimum absolute atomic E-state index is 0.165. The molecule has 1 aromatic rings. The van der Waals surface area contributed by atoms with Crippen molar-refractivity contribution in [1.82, 2.24) is 5.32 Å². The fourth-order valence-electron chi connectivity index (χ4n) is 2.14. The lowest BCUT2D eigenvalue weighted by molar-refractivity contribution is 0.371. The van der Waals surface area contributed by atoms with Crippen LogP contribution in [0.2, 0.25) is 5.02 Å². The molecule has 1 N–H and O–H groups in total. The van der Waals surface area contributed by atoms with Crippen molar-refractivity contribution in [3.05, 3.63) is 33.0 Å². The van der Waals surface area contributed by atoms with Gasteiger partial charge in [0.1, 0.15) is 5.82 Å². The van der Waals surface area contributed by atoms with Gasteiger partial charge >= 0.3 is 0 Å². The first kappa shape index (κ1) is 12.3. The van der Waals surface area contributed by atoms with Gasteiger partial charge in [-0.3, -0.25) is 0 Å². The van der Waals surface area contributed by atoms with Crippen molar-refractivity contribution in [1.29, 1.82) is 0 Å². The second kappa shape index (κ2) is 5.48. The molecule has 1 nitrogen and oxygen atoms in total.